The molecule has 2 N–H and O–H groups in total. The highest BCUT2D eigenvalue weighted by Gasteiger charge is 2.37. The average molecular weight is 411 g/mol. The molecule has 0 aliphatic carbocycles. The van der Waals surface area contributed by atoms with Crippen LogP contribution in [0.2, 0.25) is 5.02 Å². The van der Waals surface area contributed by atoms with Gasteiger partial charge in [0.1, 0.15) is 6.04 Å². The largest absolute Gasteiger partial charge is 0.325 e. The van der Waals surface area contributed by atoms with Gasteiger partial charge < -0.3 is 10.2 Å². The molecule has 0 radical (unpaired) electrons. The quantitative estimate of drug-likeness (QED) is 0.769. The minimum absolute atomic E-state index is 0.0119. The summed E-state index contributed by atoms with van der Waals surface area (Å²) in [5, 5.41) is 13.0. The molecule has 0 saturated carbocycles. The highest BCUT2D eigenvalue weighted by molar-refractivity contribution is 7.92. The summed E-state index contributed by atoms with van der Waals surface area (Å²) in [6, 6.07) is 6.65. The molecule has 3 atom stereocenters. The molecule has 2 saturated heterocycles. The van der Waals surface area contributed by atoms with E-state index >= 15 is 0 Å². The van der Waals surface area contributed by atoms with Crippen molar-refractivity contribution < 1.29 is 13.2 Å². The lowest BCUT2D eigenvalue weighted by Crippen LogP contribution is -2.45. The van der Waals surface area contributed by atoms with Gasteiger partial charge in [0.2, 0.25) is 15.9 Å². The molecular formula is C18H23ClN4O3S. The maximum absolute atomic E-state index is 12.7. The Labute approximate surface area is 164 Å². The van der Waals surface area contributed by atoms with Crippen molar-refractivity contribution in [1.82, 2.24) is 10.2 Å². The van der Waals surface area contributed by atoms with Gasteiger partial charge in [0.25, 0.3) is 0 Å². The van der Waals surface area contributed by atoms with Gasteiger partial charge in [-0.2, -0.15) is 5.26 Å². The molecule has 0 bridgehead atoms. The predicted octanol–water partition coefficient (Wildman–Crippen LogP) is 1.75. The smallest absolute Gasteiger partial charge is 0.240 e. The van der Waals surface area contributed by atoms with Crippen molar-refractivity contribution in [3.05, 3.63) is 28.8 Å². The van der Waals surface area contributed by atoms with Crippen molar-refractivity contribution >= 4 is 33.2 Å². The van der Waals surface area contributed by atoms with Crippen LogP contribution in [0.3, 0.4) is 0 Å². The van der Waals surface area contributed by atoms with E-state index in [0.29, 0.717) is 36.6 Å². The van der Waals surface area contributed by atoms with E-state index in [1.54, 1.807) is 23.1 Å². The number of likely N-dealkylation sites (tertiary alicyclic amines) is 1. The van der Waals surface area contributed by atoms with Crippen molar-refractivity contribution in [1.29, 1.82) is 5.26 Å². The topological polar surface area (TPSA) is 102 Å². The van der Waals surface area contributed by atoms with E-state index in [1.165, 1.54) is 0 Å². The molecule has 2 fully saturated rings. The molecule has 7 nitrogen and oxygen atoms in total. The predicted molar refractivity (Wildman–Crippen MR) is 104 cm³/mol. The lowest BCUT2D eigenvalue weighted by molar-refractivity contribution is -0.133. The minimum atomic E-state index is -3.39. The lowest BCUT2D eigenvalue weighted by Gasteiger charge is -2.23. The zero-order chi connectivity index (χ0) is 19.6. The second-order valence-electron chi connectivity index (χ2n) is 7.26. The third-order valence-corrected chi connectivity index (χ3v) is 5.90. The Kier molecular flexibility index (Phi) is 5.94. The van der Waals surface area contributed by atoms with E-state index in [-0.39, 0.29) is 23.9 Å². The number of hydrogen-bond acceptors (Lipinski definition) is 5. The second-order valence-corrected chi connectivity index (χ2v) is 9.45. The maximum atomic E-state index is 12.7. The van der Waals surface area contributed by atoms with Crippen LogP contribution in [-0.2, 0) is 21.2 Å². The maximum Gasteiger partial charge on any atom is 0.240 e. The fourth-order valence-electron chi connectivity index (χ4n) is 3.86. The molecule has 2 heterocycles. The number of carbonyl (C=O) groups is 1. The summed E-state index contributed by atoms with van der Waals surface area (Å²) in [6.07, 6.45) is 3.97. The Morgan fingerprint density at radius 2 is 2.26 bits per heavy atom. The number of anilines is 1. The summed E-state index contributed by atoms with van der Waals surface area (Å²) in [4.78, 5) is 14.4. The van der Waals surface area contributed by atoms with Crippen LogP contribution < -0.4 is 10.0 Å². The van der Waals surface area contributed by atoms with Gasteiger partial charge in [-0.3, -0.25) is 9.52 Å². The molecule has 0 spiro atoms. The van der Waals surface area contributed by atoms with Gasteiger partial charge in [0.15, 0.2) is 0 Å². The van der Waals surface area contributed by atoms with E-state index in [4.69, 9.17) is 11.6 Å². The van der Waals surface area contributed by atoms with E-state index in [1.807, 2.05) is 0 Å². The van der Waals surface area contributed by atoms with Crippen molar-refractivity contribution in [2.24, 2.45) is 5.92 Å². The molecule has 1 aromatic rings. The summed E-state index contributed by atoms with van der Waals surface area (Å²) in [6.45, 7) is 1.29. The van der Waals surface area contributed by atoms with Crippen LogP contribution in [0.15, 0.2) is 18.2 Å². The zero-order valence-corrected chi connectivity index (χ0v) is 16.7. The number of nitrogens with zero attached hydrogens (tertiary/aromatic N) is 2. The average Bonchev–Trinajstić information content (AvgIpc) is 3.24. The van der Waals surface area contributed by atoms with E-state index in [9.17, 15) is 18.5 Å². The molecule has 0 aromatic heterocycles. The van der Waals surface area contributed by atoms with Gasteiger partial charge in [-0.15, -0.1) is 0 Å². The van der Waals surface area contributed by atoms with Crippen LogP contribution in [-0.4, -0.2) is 50.7 Å². The number of carbonyl (C=O) groups excluding carboxylic acids is 1. The molecule has 146 valence electrons. The lowest BCUT2D eigenvalue weighted by atomic mass is 9.95. The zero-order valence-electron chi connectivity index (χ0n) is 15.1. The molecule has 0 unspecified atom stereocenters. The van der Waals surface area contributed by atoms with E-state index in [0.717, 1.165) is 24.7 Å². The number of nitriles is 1. The van der Waals surface area contributed by atoms with Gasteiger partial charge in [0.05, 0.1) is 24.1 Å². The Bertz CT molecular complexity index is 868. The number of nitrogens with one attached hydrogen (secondary N) is 2. The van der Waals surface area contributed by atoms with Gasteiger partial charge in [-0.25, -0.2) is 8.42 Å². The summed E-state index contributed by atoms with van der Waals surface area (Å²) in [7, 11) is -3.39. The Balaban J connectivity index is 1.67. The summed E-state index contributed by atoms with van der Waals surface area (Å²) < 4.78 is 25.7. The Morgan fingerprint density at radius 3 is 2.96 bits per heavy atom. The van der Waals surface area contributed by atoms with Gasteiger partial charge >= 0.3 is 0 Å². The van der Waals surface area contributed by atoms with Crippen LogP contribution in [0, 0.1) is 17.2 Å². The third kappa shape index (κ3) is 4.92. The number of rotatable bonds is 5. The second kappa shape index (κ2) is 8.05. The summed E-state index contributed by atoms with van der Waals surface area (Å²) in [5.41, 5.74) is 1.32. The normalized spacial score (nSPS) is 25.4. The van der Waals surface area contributed by atoms with Crippen LogP contribution in [0.25, 0.3) is 0 Å². The molecule has 1 aromatic carbocycles. The van der Waals surface area contributed by atoms with Crippen molar-refractivity contribution in [3.8, 4) is 6.07 Å². The number of benzene rings is 1. The number of amides is 1. The SMILES string of the molecule is CS(=O)(=O)Nc1ccc(Cl)cc1C[C@@H]1CN[C@H](C(=O)N2CCC[C@H]2C#N)C1. The molecule has 9 heteroatoms. The van der Waals surface area contributed by atoms with Crippen molar-refractivity contribution in [3.63, 3.8) is 0 Å². The molecule has 3 rings (SSSR count). The van der Waals surface area contributed by atoms with Crippen LogP contribution in [0.1, 0.15) is 24.8 Å². The first-order valence-corrected chi connectivity index (χ1v) is 11.2. The molecule has 27 heavy (non-hydrogen) atoms. The third-order valence-electron chi connectivity index (χ3n) is 5.08. The number of hydrogen-bond donors (Lipinski definition) is 2. The first-order valence-electron chi connectivity index (χ1n) is 8.96. The van der Waals surface area contributed by atoms with Crippen molar-refractivity contribution in [2.45, 2.75) is 37.8 Å². The fourth-order valence-corrected chi connectivity index (χ4v) is 4.65. The highest BCUT2D eigenvalue weighted by atomic mass is 35.5. The summed E-state index contributed by atoms with van der Waals surface area (Å²) in [5.74, 6) is 0.169. The van der Waals surface area contributed by atoms with Crippen LogP contribution in [0.4, 0.5) is 5.69 Å². The van der Waals surface area contributed by atoms with Crippen LogP contribution in [0.5, 0.6) is 0 Å². The standard InChI is InChI=1S/C18H23ClN4O3S/c1-27(25,26)22-16-5-4-14(19)9-13(16)7-12-8-17(21-11-12)18(24)23-6-2-3-15(23)10-20/h4-5,9,12,15,17,21-22H,2-3,6-8,11H2,1H3/t12-,15-,17-/m0/s1. The fraction of sp³-hybridized carbons (Fsp3) is 0.556. The van der Waals surface area contributed by atoms with Crippen LogP contribution >= 0.6 is 11.6 Å². The first kappa shape index (κ1) is 19.9. The van der Waals surface area contributed by atoms with E-state index < -0.39 is 10.0 Å². The van der Waals surface area contributed by atoms with Gasteiger partial charge in [-0.05, 0) is 61.9 Å². The molecular weight excluding hydrogens is 388 g/mol. The first-order chi connectivity index (χ1) is 12.8. The summed E-state index contributed by atoms with van der Waals surface area (Å²) >= 11 is 6.09. The Hall–Kier alpha value is -1.82. The molecule has 2 aliphatic rings. The minimum Gasteiger partial charge on any atom is -0.325 e. The molecule has 2 aliphatic heterocycles. The van der Waals surface area contributed by atoms with Gasteiger partial charge in [0, 0.05) is 11.6 Å². The number of sulfonamides is 1. The monoisotopic (exact) mass is 410 g/mol. The van der Waals surface area contributed by atoms with E-state index in [2.05, 4.69) is 16.1 Å². The van der Waals surface area contributed by atoms with Crippen molar-refractivity contribution in [2.75, 3.05) is 24.1 Å². The number of halogens is 1. The highest BCUT2D eigenvalue weighted by Crippen LogP contribution is 2.28. The Morgan fingerprint density at radius 1 is 1.48 bits per heavy atom. The van der Waals surface area contributed by atoms with Gasteiger partial charge in [-0.1, -0.05) is 11.6 Å². The molecule has 1 amide bonds.